The van der Waals surface area contributed by atoms with Crippen molar-refractivity contribution in [1.82, 2.24) is 4.90 Å². The predicted molar refractivity (Wildman–Crippen MR) is 64.5 cm³/mol. The third-order valence-corrected chi connectivity index (χ3v) is 3.42. The third-order valence-electron chi connectivity index (χ3n) is 3.17. The number of hydrogen-bond acceptors (Lipinski definition) is 2. The minimum atomic E-state index is 0.0390. The molecule has 2 N–H and O–H groups in total. The summed E-state index contributed by atoms with van der Waals surface area (Å²) in [4.78, 5) is 14.0. The number of carbonyl (C=O) groups excluding carboxylic acids is 1. The molecule has 1 aliphatic heterocycles. The van der Waals surface area contributed by atoms with Gasteiger partial charge in [-0.05, 0) is 37.6 Å². The Morgan fingerprint density at radius 3 is 2.56 bits per heavy atom. The van der Waals surface area contributed by atoms with Gasteiger partial charge in [-0.2, -0.15) is 0 Å². The molecule has 0 saturated carbocycles. The van der Waals surface area contributed by atoms with Crippen molar-refractivity contribution < 1.29 is 4.79 Å². The molecule has 16 heavy (non-hydrogen) atoms. The molecule has 86 valence electrons. The summed E-state index contributed by atoms with van der Waals surface area (Å²) in [5.74, 6) is 0.0390. The van der Waals surface area contributed by atoms with E-state index in [0.717, 1.165) is 13.0 Å². The van der Waals surface area contributed by atoms with E-state index >= 15 is 0 Å². The van der Waals surface area contributed by atoms with E-state index < -0.39 is 0 Å². The second kappa shape index (κ2) is 4.44. The molecule has 1 aliphatic rings. The van der Waals surface area contributed by atoms with E-state index in [1.54, 1.807) is 24.3 Å². The molecule has 0 radical (unpaired) electrons. The molecule has 2 atom stereocenters. The lowest BCUT2D eigenvalue weighted by molar-refractivity contribution is 0.0742. The molecular weight excluding hydrogens is 224 g/mol. The first-order valence-corrected chi connectivity index (χ1v) is 5.79. The van der Waals surface area contributed by atoms with Crippen molar-refractivity contribution in [2.24, 2.45) is 5.73 Å². The molecule has 2 unspecified atom stereocenters. The molecule has 4 heteroatoms. The Balaban J connectivity index is 2.16. The minimum Gasteiger partial charge on any atom is -0.334 e. The van der Waals surface area contributed by atoms with Crippen LogP contribution >= 0.6 is 11.6 Å². The van der Waals surface area contributed by atoms with Gasteiger partial charge in [0.15, 0.2) is 0 Å². The summed E-state index contributed by atoms with van der Waals surface area (Å²) in [5.41, 5.74) is 6.57. The highest BCUT2D eigenvalue weighted by molar-refractivity contribution is 6.30. The molecule has 0 bridgehead atoms. The number of nitrogens with two attached hydrogens (primary N) is 1. The summed E-state index contributed by atoms with van der Waals surface area (Å²) < 4.78 is 0. The average Bonchev–Trinajstić information content (AvgIpc) is 2.60. The lowest BCUT2D eigenvalue weighted by atomic mass is 10.1. The fourth-order valence-electron chi connectivity index (χ4n) is 2.01. The second-order valence-electron chi connectivity index (χ2n) is 4.20. The third kappa shape index (κ3) is 2.06. The topological polar surface area (TPSA) is 46.3 Å². The molecule has 1 amide bonds. The summed E-state index contributed by atoms with van der Waals surface area (Å²) >= 11 is 5.78. The Hall–Kier alpha value is -1.06. The molecule has 1 heterocycles. The molecule has 0 aromatic heterocycles. The molecule has 1 fully saturated rings. The van der Waals surface area contributed by atoms with Gasteiger partial charge in [0, 0.05) is 29.2 Å². The number of hydrogen-bond donors (Lipinski definition) is 1. The smallest absolute Gasteiger partial charge is 0.254 e. The normalized spacial score (nSPS) is 24.8. The van der Waals surface area contributed by atoms with Crippen molar-refractivity contribution in [3.05, 3.63) is 34.9 Å². The zero-order chi connectivity index (χ0) is 11.7. The van der Waals surface area contributed by atoms with E-state index in [4.69, 9.17) is 17.3 Å². The van der Waals surface area contributed by atoms with Crippen LogP contribution in [-0.4, -0.2) is 29.4 Å². The molecule has 1 aromatic rings. The molecule has 3 nitrogen and oxygen atoms in total. The van der Waals surface area contributed by atoms with Gasteiger partial charge in [0.2, 0.25) is 0 Å². The van der Waals surface area contributed by atoms with Gasteiger partial charge in [-0.1, -0.05) is 11.6 Å². The number of rotatable bonds is 1. The zero-order valence-electron chi connectivity index (χ0n) is 9.19. The summed E-state index contributed by atoms with van der Waals surface area (Å²) in [6.07, 6.45) is 0.875. The van der Waals surface area contributed by atoms with Crippen LogP contribution in [-0.2, 0) is 0 Å². The van der Waals surface area contributed by atoms with E-state index in [2.05, 4.69) is 0 Å². The van der Waals surface area contributed by atoms with Gasteiger partial charge in [0.25, 0.3) is 5.91 Å². The van der Waals surface area contributed by atoms with Crippen LogP contribution in [0.5, 0.6) is 0 Å². The number of likely N-dealkylation sites (tertiary alicyclic amines) is 1. The Labute approximate surface area is 100 Å². The van der Waals surface area contributed by atoms with Crippen molar-refractivity contribution in [1.29, 1.82) is 0 Å². The molecule has 0 aliphatic carbocycles. The highest BCUT2D eigenvalue weighted by atomic mass is 35.5. The Morgan fingerprint density at radius 2 is 2.06 bits per heavy atom. The SMILES string of the molecule is CC1C(N)CCN1C(=O)c1ccc(Cl)cc1. The van der Waals surface area contributed by atoms with Crippen LogP contribution in [0, 0.1) is 0 Å². The Bertz CT molecular complexity index is 391. The van der Waals surface area contributed by atoms with Gasteiger partial charge >= 0.3 is 0 Å². The van der Waals surface area contributed by atoms with Gasteiger partial charge in [-0.25, -0.2) is 0 Å². The number of nitrogens with zero attached hydrogens (tertiary/aromatic N) is 1. The molecule has 1 saturated heterocycles. The standard InChI is InChI=1S/C12H15ClN2O/c1-8-11(14)6-7-15(8)12(16)9-2-4-10(13)5-3-9/h2-5,8,11H,6-7,14H2,1H3. The first-order valence-electron chi connectivity index (χ1n) is 5.41. The van der Waals surface area contributed by atoms with Crippen molar-refractivity contribution >= 4 is 17.5 Å². The minimum absolute atomic E-state index is 0.0390. The van der Waals surface area contributed by atoms with E-state index in [1.807, 2.05) is 11.8 Å². The Kier molecular flexibility index (Phi) is 3.17. The highest BCUT2D eigenvalue weighted by Gasteiger charge is 2.31. The van der Waals surface area contributed by atoms with Crippen LogP contribution in [0.1, 0.15) is 23.7 Å². The van der Waals surface area contributed by atoms with Crippen LogP contribution in [0.2, 0.25) is 5.02 Å². The van der Waals surface area contributed by atoms with Crippen LogP contribution in [0.3, 0.4) is 0 Å². The van der Waals surface area contributed by atoms with Crippen LogP contribution < -0.4 is 5.73 Å². The fraction of sp³-hybridized carbons (Fsp3) is 0.417. The summed E-state index contributed by atoms with van der Waals surface area (Å²) in [6.45, 7) is 2.73. The van der Waals surface area contributed by atoms with E-state index in [-0.39, 0.29) is 18.0 Å². The summed E-state index contributed by atoms with van der Waals surface area (Å²) in [5, 5.41) is 0.641. The van der Waals surface area contributed by atoms with E-state index in [9.17, 15) is 4.79 Å². The number of benzene rings is 1. The first-order chi connectivity index (χ1) is 7.59. The second-order valence-corrected chi connectivity index (χ2v) is 4.64. The molecule has 0 spiro atoms. The van der Waals surface area contributed by atoms with E-state index in [1.165, 1.54) is 0 Å². The van der Waals surface area contributed by atoms with Crippen LogP contribution in [0.15, 0.2) is 24.3 Å². The number of carbonyl (C=O) groups is 1. The quantitative estimate of drug-likeness (QED) is 0.812. The number of halogens is 1. The maximum absolute atomic E-state index is 12.1. The van der Waals surface area contributed by atoms with Crippen LogP contribution in [0.25, 0.3) is 0 Å². The maximum atomic E-state index is 12.1. The van der Waals surface area contributed by atoms with E-state index in [0.29, 0.717) is 10.6 Å². The number of amides is 1. The van der Waals surface area contributed by atoms with Crippen molar-refractivity contribution in [3.8, 4) is 0 Å². The molecule has 1 aromatic carbocycles. The van der Waals surface area contributed by atoms with Crippen LogP contribution in [0.4, 0.5) is 0 Å². The zero-order valence-corrected chi connectivity index (χ0v) is 9.95. The lowest BCUT2D eigenvalue weighted by Crippen LogP contribution is -2.40. The summed E-state index contributed by atoms with van der Waals surface area (Å²) in [6, 6.07) is 7.17. The maximum Gasteiger partial charge on any atom is 0.254 e. The Morgan fingerprint density at radius 1 is 1.44 bits per heavy atom. The van der Waals surface area contributed by atoms with Gasteiger partial charge in [0.1, 0.15) is 0 Å². The largest absolute Gasteiger partial charge is 0.334 e. The van der Waals surface area contributed by atoms with Gasteiger partial charge in [0.05, 0.1) is 0 Å². The van der Waals surface area contributed by atoms with Crippen molar-refractivity contribution in [2.45, 2.75) is 25.4 Å². The molecule has 2 rings (SSSR count). The van der Waals surface area contributed by atoms with Gasteiger partial charge in [-0.3, -0.25) is 4.79 Å². The average molecular weight is 239 g/mol. The fourth-order valence-corrected chi connectivity index (χ4v) is 2.13. The lowest BCUT2D eigenvalue weighted by Gasteiger charge is -2.23. The van der Waals surface area contributed by atoms with Gasteiger partial charge in [-0.15, -0.1) is 0 Å². The highest BCUT2D eigenvalue weighted by Crippen LogP contribution is 2.19. The van der Waals surface area contributed by atoms with Crippen molar-refractivity contribution in [3.63, 3.8) is 0 Å². The predicted octanol–water partition coefficient (Wildman–Crippen LogP) is 1.90. The van der Waals surface area contributed by atoms with Crippen molar-refractivity contribution in [2.75, 3.05) is 6.54 Å². The summed E-state index contributed by atoms with van der Waals surface area (Å²) in [7, 11) is 0. The monoisotopic (exact) mass is 238 g/mol. The first kappa shape index (κ1) is 11.4. The molecular formula is C12H15ClN2O. The van der Waals surface area contributed by atoms with Gasteiger partial charge < -0.3 is 10.6 Å².